The minimum Gasteiger partial charge on any atom is -0.456 e. The predicted octanol–water partition coefficient (Wildman–Crippen LogP) is 14.2. The summed E-state index contributed by atoms with van der Waals surface area (Å²) in [6, 6.07) is 68.3. The third-order valence-electron chi connectivity index (χ3n) is 10.6. The second-order valence-corrected chi connectivity index (χ2v) is 13.7. The number of para-hydroxylation sites is 5. The third kappa shape index (κ3) is 4.70. The van der Waals surface area contributed by atoms with Crippen molar-refractivity contribution in [2.45, 2.75) is 0 Å². The van der Waals surface area contributed by atoms with E-state index in [4.69, 9.17) is 8.83 Å². The van der Waals surface area contributed by atoms with Gasteiger partial charge in [0.1, 0.15) is 22.3 Å². The number of aromatic nitrogens is 1. The maximum Gasteiger partial charge on any atom is 0.161 e. The molecular weight excluding hydrogens is 661 g/mol. The van der Waals surface area contributed by atoms with Crippen molar-refractivity contribution < 1.29 is 8.83 Å². The highest BCUT2D eigenvalue weighted by atomic mass is 16.3. The van der Waals surface area contributed by atoms with E-state index in [1.807, 2.05) is 12.1 Å². The fourth-order valence-corrected chi connectivity index (χ4v) is 8.16. The van der Waals surface area contributed by atoms with Crippen molar-refractivity contribution in [2.75, 3.05) is 4.90 Å². The van der Waals surface area contributed by atoms with Crippen LogP contribution in [0.1, 0.15) is 0 Å². The monoisotopic (exact) mass is 692 g/mol. The first-order chi connectivity index (χ1) is 26.8. The topological polar surface area (TPSA) is 34.5 Å². The van der Waals surface area contributed by atoms with Gasteiger partial charge in [0.15, 0.2) is 5.58 Å². The van der Waals surface area contributed by atoms with Gasteiger partial charge in [0, 0.05) is 55.8 Å². The first-order valence-electron chi connectivity index (χ1n) is 18.3. The summed E-state index contributed by atoms with van der Waals surface area (Å²) >= 11 is 0. The quantitative estimate of drug-likeness (QED) is 0.174. The summed E-state index contributed by atoms with van der Waals surface area (Å²) in [5.74, 6) is 0. The number of anilines is 3. The van der Waals surface area contributed by atoms with Gasteiger partial charge in [-0.3, -0.25) is 0 Å². The van der Waals surface area contributed by atoms with Gasteiger partial charge in [-0.15, -0.1) is 0 Å². The zero-order valence-electron chi connectivity index (χ0n) is 29.2. The van der Waals surface area contributed by atoms with Crippen LogP contribution >= 0.6 is 0 Å². The van der Waals surface area contributed by atoms with Crippen LogP contribution < -0.4 is 4.90 Å². The van der Waals surface area contributed by atoms with Crippen molar-refractivity contribution in [3.8, 4) is 27.9 Å². The van der Waals surface area contributed by atoms with Crippen molar-refractivity contribution in [3.05, 3.63) is 194 Å². The lowest BCUT2D eigenvalue weighted by atomic mass is 9.99. The number of nitrogens with zero attached hydrogens (tertiary/aromatic N) is 2. The van der Waals surface area contributed by atoms with E-state index in [1.165, 1.54) is 11.1 Å². The maximum absolute atomic E-state index is 7.00. The second-order valence-electron chi connectivity index (χ2n) is 13.7. The first kappa shape index (κ1) is 30.3. The summed E-state index contributed by atoms with van der Waals surface area (Å²) < 4.78 is 15.8. The molecular formula is C50H32N2O2. The van der Waals surface area contributed by atoms with Crippen molar-refractivity contribution in [2.24, 2.45) is 0 Å². The lowest BCUT2D eigenvalue weighted by molar-refractivity contribution is 0.669. The Balaban J connectivity index is 1.14. The summed E-state index contributed by atoms with van der Waals surface area (Å²) in [5, 5.41) is 4.37. The summed E-state index contributed by atoms with van der Waals surface area (Å²) in [4.78, 5) is 2.33. The van der Waals surface area contributed by atoms with Crippen LogP contribution in [0.3, 0.4) is 0 Å². The Kier molecular flexibility index (Phi) is 6.82. The van der Waals surface area contributed by atoms with Gasteiger partial charge in [-0.2, -0.15) is 0 Å². The normalized spacial score (nSPS) is 11.7. The molecule has 0 atom stereocenters. The third-order valence-corrected chi connectivity index (χ3v) is 10.6. The maximum atomic E-state index is 7.00. The highest BCUT2D eigenvalue weighted by molar-refractivity contribution is 6.19. The van der Waals surface area contributed by atoms with Crippen LogP contribution in [0.25, 0.3) is 82.9 Å². The summed E-state index contributed by atoms with van der Waals surface area (Å²) in [7, 11) is 0. The molecule has 0 N–H and O–H groups in total. The minimum absolute atomic E-state index is 0.848. The van der Waals surface area contributed by atoms with E-state index in [0.29, 0.717) is 0 Å². The van der Waals surface area contributed by atoms with E-state index in [9.17, 15) is 0 Å². The van der Waals surface area contributed by atoms with Crippen LogP contribution in [0.15, 0.2) is 203 Å². The molecule has 4 heteroatoms. The molecule has 0 aliphatic carbocycles. The Morgan fingerprint density at radius 3 is 1.87 bits per heavy atom. The molecule has 4 nitrogen and oxygen atoms in total. The lowest BCUT2D eigenvalue weighted by Gasteiger charge is -2.28. The highest BCUT2D eigenvalue weighted by Crippen LogP contribution is 2.47. The smallest absolute Gasteiger partial charge is 0.161 e. The number of hydrogen-bond donors (Lipinski definition) is 0. The molecule has 11 rings (SSSR count). The lowest BCUT2D eigenvalue weighted by Crippen LogP contribution is -2.11. The summed E-state index contributed by atoms with van der Waals surface area (Å²) in [6.07, 6.45) is 0. The molecule has 0 amide bonds. The molecule has 254 valence electrons. The fraction of sp³-hybridized carbons (Fsp3) is 0. The van der Waals surface area contributed by atoms with E-state index >= 15 is 0 Å². The minimum atomic E-state index is 0.848. The molecule has 0 saturated carbocycles. The number of furan rings is 2. The van der Waals surface area contributed by atoms with E-state index in [-0.39, 0.29) is 0 Å². The van der Waals surface area contributed by atoms with E-state index in [1.54, 1.807) is 0 Å². The van der Waals surface area contributed by atoms with Crippen molar-refractivity contribution in [1.29, 1.82) is 0 Å². The van der Waals surface area contributed by atoms with Gasteiger partial charge < -0.3 is 18.3 Å². The number of hydrogen-bond acceptors (Lipinski definition) is 3. The van der Waals surface area contributed by atoms with Gasteiger partial charge in [-0.05, 0) is 77.9 Å². The molecule has 54 heavy (non-hydrogen) atoms. The molecule has 0 aliphatic heterocycles. The summed E-state index contributed by atoms with van der Waals surface area (Å²) in [5.41, 5.74) is 14.3. The average molecular weight is 693 g/mol. The predicted molar refractivity (Wildman–Crippen MR) is 223 cm³/mol. The molecule has 0 unspecified atom stereocenters. The van der Waals surface area contributed by atoms with Crippen LogP contribution in [-0.4, -0.2) is 4.57 Å². The zero-order valence-corrected chi connectivity index (χ0v) is 29.2. The summed E-state index contributed by atoms with van der Waals surface area (Å²) in [6.45, 7) is 0. The molecule has 8 aromatic carbocycles. The van der Waals surface area contributed by atoms with Gasteiger partial charge in [-0.1, -0.05) is 121 Å². The van der Waals surface area contributed by atoms with Crippen LogP contribution in [0, 0.1) is 0 Å². The SMILES string of the molecule is c1ccc(-c2ccc(N(c3ccc4c(c3)oc3ccccc34)c3ccccc3-c3cccc4c3oc3c5ccccc5n(-c5ccccc5)c43)cc2)cc1. The van der Waals surface area contributed by atoms with E-state index in [0.717, 1.165) is 88.8 Å². The molecule has 3 aromatic heterocycles. The Morgan fingerprint density at radius 2 is 1.02 bits per heavy atom. The second kappa shape index (κ2) is 12.1. The van der Waals surface area contributed by atoms with Gasteiger partial charge in [0.25, 0.3) is 0 Å². The van der Waals surface area contributed by atoms with E-state index < -0.39 is 0 Å². The van der Waals surface area contributed by atoms with Crippen LogP contribution in [-0.2, 0) is 0 Å². The molecule has 0 saturated heterocycles. The Morgan fingerprint density at radius 1 is 0.389 bits per heavy atom. The molecule has 0 aliphatic rings. The fourth-order valence-electron chi connectivity index (χ4n) is 8.16. The first-order valence-corrected chi connectivity index (χ1v) is 18.3. The average Bonchev–Trinajstić information content (AvgIpc) is 3.91. The van der Waals surface area contributed by atoms with Crippen molar-refractivity contribution >= 4 is 72.0 Å². The van der Waals surface area contributed by atoms with Crippen molar-refractivity contribution in [3.63, 3.8) is 0 Å². The Labute approximate surface area is 311 Å². The van der Waals surface area contributed by atoms with Gasteiger partial charge >= 0.3 is 0 Å². The van der Waals surface area contributed by atoms with Gasteiger partial charge in [-0.25, -0.2) is 0 Å². The van der Waals surface area contributed by atoms with Crippen LogP contribution in [0.2, 0.25) is 0 Å². The molecule has 0 fully saturated rings. The molecule has 11 aromatic rings. The van der Waals surface area contributed by atoms with Crippen molar-refractivity contribution in [1.82, 2.24) is 4.57 Å². The Hall–Kier alpha value is -7.30. The largest absolute Gasteiger partial charge is 0.456 e. The standard InChI is InChI=1S/C50H32N2O2/c1-3-14-33(15-4-1)34-26-28-36(29-27-34)51(37-30-31-40-39-19-9-12-25-46(39)53-47(40)32-37)44-23-10-7-18-38(44)41-21-13-22-43-48-50(54-49(41)43)42-20-8-11-24-45(42)52(48)35-16-5-2-6-17-35/h1-32H. The van der Waals surface area contributed by atoms with E-state index in [2.05, 4.69) is 191 Å². The van der Waals surface area contributed by atoms with Gasteiger partial charge in [0.2, 0.25) is 0 Å². The number of rotatable bonds is 6. The molecule has 3 heterocycles. The van der Waals surface area contributed by atoms with Gasteiger partial charge in [0.05, 0.1) is 11.2 Å². The molecule has 0 spiro atoms. The Bertz CT molecular complexity index is 3150. The van der Waals surface area contributed by atoms with Crippen LogP contribution in [0.5, 0.6) is 0 Å². The van der Waals surface area contributed by atoms with Crippen LogP contribution in [0.4, 0.5) is 17.1 Å². The number of benzene rings is 8. The molecule has 0 radical (unpaired) electrons. The highest BCUT2D eigenvalue weighted by Gasteiger charge is 2.24. The number of fused-ring (bicyclic) bond motifs is 8. The molecule has 0 bridgehead atoms. The zero-order chi connectivity index (χ0) is 35.6.